The third-order valence-corrected chi connectivity index (χ3v) is 4.04. The molecule has 0 aliphatic heterocycles. The molecular formula is C14H30N2O. The van der Waals surface area contributed by atoms with Gasteiger partial charge in [-0.15, -0.1) is 0 Å². The fraction of sp³-hybridized carbons (Fsp3) is 1.00. The zero-order chi connectivity index (χ0) is 12.6. The van der Waals surface area contributed by atoms with Crippen molar-refractivity contribution in [2.24, 2.45) is 5.73 Å². The minimum Gasteiger partial charge on any atom is -0.380 e. The van der Waals surface area contributed by atoms with E-state index in [0.717, 1.165) is 32.8 Å². The van der Waals surface area contributed by atoms with Crippen molar-refractivity contribution in [2.45, 2.75) is 57.9 Å². The normalized spacial score (nSPS) is 19.8. The number of rotatable bonds is 8. The van der Waals surface area contributed by atoms with Crippen molar-refractivity contribution in [1.29, 1.82) is 0 Å². The van der Waals surface area contributed by atoms with Gasteiger partial charge in [0, 0.05) is 25.2 Å². The predicted octanol–water partition coefficient (Wildman–Crippen LogP) is 2.40. The molecule has 0 saturated heterocycles. The lowest BCUT2D eigenvalue weighted by Gasteiger charge is -2.46. The molecule has 0 unspecified atom stereocenters. The van der Waals surface area contributed by atoms with Gasteiger partial charge in [0.2, 0.25) is 0 Å². The lowest BCUT2D eigenvalue weighted by Crippen LogP contribution is -2.56. The average Bonchev–Trinajstić information content (AvgIpc) is 2.39. The van der Waals surface area contributed by atoms with Gasteiger partial charge in [-0.25, -0.2) is 0 Å². The van der Waals surface area contributed by atoms with E-state index in [4.69, 9.17) is 10.5 Å². The van der Waals surface area contributed by atoms with Gasteiger partial charge in [-0.05, 0) is 32.7 Å². The van der Waals surface area contributed by atoms with Crippen LogP contribution >= 0.6 is 0 Å². The molecule has 0 aromatic carbocycles. The van der Waals surface area contributed by atoms with Crippen LogP contribution in [0.4, 0.5) is 0 Å². The van der Waals surface area contributed by atoms with E-state index in [1.54, 1.807) is 0 Å². The molecule has 0 heterocycles. The van der Waals surface area contributed by atoms with Crippen molar-refractivity contribution >= 4 is 0 Å². The Morgan fingerprint density at radius 1 is 1.12 bits per heavy atom. The summed E-state index contributed by atoms with van der Waals surface area (Å²) in [5, 5.41) is 0. The van der Waals surface area contributed by atoms with Gasteiger partial charge in [-0.1, -0.05) is 26.2 Å². The Morgan fingerprint density at radius 3 is 2.35 bits per heavy atom. The first-order chi connectivity index (χ1) is 8.29. The smallest absolute Gasteiger partial charge is 0.0593 e. The molecule has 0 bridgehead atoms. The summed E-state index contributed by atoms with van der Waals surface area (Å²) in [5.41, 5.74) is 6.36. The molecule has 0 spiro atoms. The van der Waals surface area contributed by atoms with E-state index in [1.807, 2.05) is 0 Å². The van der Waals surface area contributed by atoms with E-state index in [-0.39, 0.29) is 5.54 Å². The maximum atomic E-state index is 6.09. The van der Waals surface area contributed by atoms with Crippen LogP contribution in [0.2, 0.25) is 0 Å². The van der Waals surface area contributed by atoms with Crippen LogP contribution in [-0.4, -0.2) is 43.3 Å². The highest BCUT2D eigenvalue weighted by atomic mass is 16.5. The van der Waals surface area contributed by atoms with Crippen molar-refractivity contribution in [1.82, 2.24) is 4.90 Å². The zero-order valence-corrected chi connectivity index (χ0v) is 11.7. The summed E-state index contributed by atoms with van der Waals surface area (Å²) in [6.07, 6.45) is 7.81. The minimum atomic E-state index is 0.269. The molecular weight excluding hydrogens is 212 g/mol. The van der Waals surface area contributed by atoms with Crippen LogP contribution in [0.3, 0.4) is 0 Å². The maximum Gasteiger partial charge on any atom is 0.0593 e. The van der Waals surface area contributed by atoms with Crippen molar-refractivity contribution in [3.05, 3.63) is 0 Å². The summed E-state index contributed by atoms with van der Waals surface area (Å²) < 4.78 is 5.51. The summed E-state index contributed by atoms with van der Waals surface area (Å²) in [6, 6.07) is 0. The molecule has 1 saturated carbocycles. The first-order valence-electron chi connectivity index (χ1n) is 7.32. The largest absolute Gasteiger partial charge is 0.380 e. The fourth-order valence-corrected chi connectivity index (χ4v) is 3.03. The van der Waals surface area contributed by atoms with Crippen LogP contribution < -0.4 is 5.73 Å². The van der Waals surface area contributed by atoms with Crippen LogP contribution in [-0.2, 0) is 4.74 Å². The maximum absolute atomic E-state index is 6.09. The van der Waals surface area contributed by atoms with E-state index in [1.165, 1.54) is 38.5 Å². The molecule has 0 aromatic rings. The number of hydrogen-bond acceptors (Lipinski definition) is 3. The van der Waals surface area contributed by atoms with Gasteiger partial charge in [0.25, 0.3) is 0 Å². The highest BCUT2D eigenvalue weighted by molar-refractivity contribution is 4.94. The lowest BCUT2D eigenvalue weighted by atomic mass is 9.80. The molecule has 102 valence electrons. The minimum absolute atomic E-state index is 0.269. The van der Waals surface area contributed by atoms with Crippen LogP contribution in [0.15, 0.2) is 0 Å². The van der Waals surface area contributed by atoms with Crippen LogP contribution in [0, 0.1) is 0 Å². The molecule has 1 rings (SSSR count). The Hall–Kier alpha value is -0.120. The van der Waals surface area contributed by atoms with Gasteiger partial charge in [-0.2, -0.15) is 0 Å². The summed E-state index contributed by atoms with van der Waals surface area (Å²) >= 11 is 0. The number of hydrogen-bond donors (Lipinski definition) is 1. The zero-order valence-electron chi connectivity index (χ0n) is 11.7. The van der Waals surface area contributed by atoms with E-state index in [0.29, 0.717) is 0 Å². The summed E-state index contributed by atoms with van der Waals surface area (Å²) in [7, 11) is 0. The highest BCUT2D eigenvalue weighted by Crippen LogP contribution is 2.32. The fourth-order valence-electron chi connectivity index (χ4n) is 3.03. The Balaban J connectivity index is 2.57. The van der Waals surface area contributed by atoms with Crippen molar-refractivity contribution in [2.75, 3.05) is 32.8 Å². The second kappa shape index (κ2) is 8.06. The van der Waals surface area contributed by atoms with E-state index < -0.39 is 0 Å². The number of nitrogens with two attached hydrogens (primary N) is 1. The molecule has 0 radical (unpaired) electrons. The Labute approximate surface area is 107 Å². The molecule has 1 fully saturated rings. The van der Waals surface area contributed by atoms with Crippen LogP contribution in [0.25, 0.3) is 0 Å². The third-order valence-electron chi connectivity index (χ3n) is 4.04. The standard InChI is InChI=1S/C14H30N2O/c1-3-10-16(11-12-17-4-2)14(13-15)8-6-5-7-9-14/h3-13,15H2,1-2H3. The Morgan fingerprint density at radius 2 is 1.82 bits per heavy atom. The van der Waals surface area contributed by atoms with Gasteiger partial charge < -0.3 is 10.5 Å². The number of ether oxygens (including phenoxy) is 1. The Kier molecular flexibility index (Phi) is 7.09. The third kappa shape index (κ3) is 4.23. The quantitative estimate of drug-likeness (QED) is 0.664. The van der Waals surface area contributed by atoms with E-state index in [9.17, 15) is 0 Å². The van der Waals surface area contributed by atoms with Crippen molar-refractivity contribution < 1.29 is 4.74 Å². The van der Waals surface area contributed by atoms with Crippen LogP contribution in [0.5, 0.6) is 0 Å². The van der Waals surface area contributed by atoms with Gasteiger partial charge in [-0.3, -0.25) is 4.90 Å². The second-order valence-electron chi connectivity index (χ2n) is 5.17. The summed E-state index contributed by atoms with van der Waals surface area (Å²) in [6.45, 7) is 8.97. The molecule has 0 atom stereocenters. The summed E-state index contributed by atoms with van der Waals surface area (Å²) in [4.78, 5) is 2.60. The first kappa shape index (κ1) is 14.9. The van der Waals surface area contributed by atoms with E-state index in [2.05, 4.69) is 18.7 Å². The van der Waals surface area contributed by atoms with Crippen LogP contribution in [0.1, 0.15) is 52.4 Å². The molecule has 0 aromatic heterocycles. The lowest BCUT2D eigenvalue weighted by molar-refractivity contribution is 0.0256. The predicted molar refractivity (Wildman–Crippen MR) is 73.2 cm³/mol. The summed E-state index contributed by atoms with van der Waals surface area (Å²) in [5.74, 6) is 0. The molecule has 2 N–H and O–H groups in total. The molecule has 0 amide bonds. The Bertz CT molecular complexity index is 191. The topological polar surface area (TPSA) is 38.5 Å². The molecule has 3 nitrogen and oxygen atoms in total. The molecule has 3 heteroatoms. The SMILES string of the molecule is CCCN(CCOCC)C1(CN)CCCCC1. The molecule has 1 aliphatic carbocycles. The van der Waals surface area contributed by atoms with Gasteiger partial charge in [0.1, 0.15) is 0 Å². The van der Waals surface area contributed by atoms with Crippen molar-refractivity contribution in [3.63, 3.8) is 0 Å². The van der Waals surface area contributed by atoms with Gasteiger partial charge >= 0.3 is 0 Å². The monoisotopic (exact) mass is 242 g/mol. The molecule has 17 heavy (non-hydrogen) atoms. The van der Waals surface area contributed by atoms with Gasteiger partial charge in [0.05, 0.1) is 6.61 Å². The average molecular weight is 242 g/mol. The molecule has 1 aliphatic rings. The first-order valence-corrected chi connectivity index (χ1v) is 7.32. The van der Waals surface area contributed by atoms with E-state index >= 15 is 0 Å². The van der Waals surface area contributed by atoms with Gasteiger partial charge in [0.15, 0.2) is 0 Å². The highest BCUT2D eigenvalue weighted by Gasteiger charge is 2.35. The second-order valence-corrected chi connectivity index (χ2v) is 5.17. The number of nitrogens with zero attached hydrogens (tertiary/aromatic N) is 1. The van der Waals surface area contributed by atoms with Crippen molar-refractivity contribution in [3.8, 4) is 0 Å².